The van der Waals surface area contributed by atoms with Crippen molar-refractivity contribution in [3.8, 4) is 0 Å². The van der Waals surface area contributed by atoms with Crippen LogP contribution in [0.4, 0.5) is 0 Å². The first kappa shape index (κ1) is 18.8. The number of nitrogens with zero attached hydrogens (tertiary/aromatic N) is 1. The van der Waals surface area contributed by atoms with E-state index in [-0.39, 0.29) is 35.0 Å². The molecular formula is C7H10N3NaO5S. The van der Waals surface area contributed by atoms with Gasteiger partial charge < -0.3 is 10.0 Å². The van der Waals surface area contributed by atoms with Crippen molar-refractivity contribution in [2.75, 3.05) is 5.88 Å². The number of carbonyl (C=O) groups is 1. The molecule has 1 rings (SSSR count). The predicted molar refractivity (Wildman–Crippen MR) is 53.0 cm³/mol. The van der Waals surface area contributed by atoms with Crippen LogP contribution in [0.2, 0.25) is 0 Å². The van der Waals surface area contributed by atoms with Gasteiger partial charge in [-0.05, 0) is 12.1 Å². The van der Waals surface area contributed by atoms with E-state index in [4.69, 9.17) is 0 Å². The van der Waals surface area contributed by atoms with Crippen molar-refractivity contribution in [3.63, 3.8) is 0 Å². The molecule has 90 valence electrons. The largest absolute Gasteiger partial charge is 1.00 e. The van der Waals surface area contributed by atoms with Crippen molar-refractivity contribution in [1.29, 1.82) is 0 Å². The number of pyridine rings is 1. The number of hydrogen-bond acceptors (Lipinski definition) is 6. The molecule has 0 saturated carbocycles. The standard InChI is InChI=1S/C7H9N3O4S.Na.H2O/c11-7(6-1-3-8-4-2-6)10-9-5-15(12,13)14;;/h1-4,9H,5H2,(H,10,11)(H,12,13,14);;1H2/q;+1;/p-1. The van der Waals surface area contributed by atoms with E-state index in [0.717, 1.165) is 0 Å². The SMILES string of the molecule is O.O=C(NNCS(=O)(=O)[O-])c1ccncc1.[Na+]. The molecule has 0 unspecified atom stereocenters. The minimum Gasteiger partial charge on any atom is -0.747 e. The number of carbonyl (C=O) groups excluding carboxylic acids is 1. The zero-order chi connectivity index (χ0) is 11.3. The summed E-state index contributed by atoms with van der Waals surface area (Å²) in [4.78, 5) is 14.9. The molecule has 0 fully saturated rings. The van der Waals surface area contributed by atoms with Crippen LogP contribution in [0.5, 0.6) is 0 Å². The van der Waals surface area contributed by atoms with Crippen LogP contribution in [0.3, 0.4) is 0 Å². The van der Waals surface area contributed by atoms with E-state index < -0.39 is 21.9 Å². The molecule has 8 nitrogen and oxygen atoms in total. The summed E-state index contributed by atoms with van der Waals surface area (Å²) in [7, 11) is -4.39. The topological polar surface area (TPSA) is 143 Å². The maximum atomic E-state index is 11.2. The third-order valence-corrected chi connectivity index (χ3v) is 1.89. The molecule has 1 aromatic rings. The van der Waals surface area contributed by atoms with Gasteiger partial charge in [-0.1, -0.05) is 0 Å². The number of hydrogen-bond donors (Lipinski definition) is 2. The summed E-state index contributed by atoms with van der Waals surface area (Å²) < 4.78 is 30.5. The van der Waals surface area contributed by atoms with Gasteiger partial charge >= 0.3 is 29.6 Å². The van der Waals surface area contributed by atoms with Crippen LogP contribution < -0.4 is 40.4 Å². The Morgan fingerprint density at radius 3 is 2.35 bits per heavy atom. The Bertz CT molecular complexity index is 438. The summed E-state index contributed by atoms with van der Waals surface area (Å²) in [6.45, 7) is 0. The molecule has 0 aromatic carbocycles. The molecule has 0 spiro atoms. The van der Waals surface area contributed by atoms with Gasteiger partial charge in [-0.2, -0.15) is 0 Å². The van der Waals surface area contributed by atoms with Crippen LogP contribution in [0.25, 0.3) is 0 Å². The summed E-state index contributed by atoms with van der Waals surface area (Å²) in [5.41, 5.74) is 4.37. The summed E-state index contributed by atoms with van der Waals surface area (Å²) in [5, 5.41) is 0. The third-order valence-electron chi connectivity index (χ3n) is 1.39. The number of nitrogens with one attached hydrogen (secondary N) is 2. The summed E-state index contributed by atoms with van der Waals surface area (Å²) >= 11 is 0. The normalized spacial score (nSPS) is 9.71. The Morgan fingerprint density at radius 2 is 1.88 bits per heavy atom. The van der Waals surface area contributed by atoms with Gasteiger partial charge in [0.1, 0.15) is 16.0 Å². The van der Waals surface area contributed by atoms with Crippen molar-refractivity contribution in [3.05, 3.63) is 30.1 Å². The van der Waals surface area contributed by atoms with Crippen molar-refractivity contribution < 1.29 is 52.8 Å². The van der Waals surface area contributed by atoms with E-state index in [2.05, 4.69) is 10.4 Å². The molecule has 0 bridgehead atoms. The second-order valence-corrected chi connectivity index (χ2v) is 3.97. The van der Waals surface area contributed by atoms with Crippen LogP contribution in [-0.4, -0.2) is 35.2 Å². The second kappa shape index (κ2) is 8.53. The Morgan fingerprint density at radius 1 is 1.35 bits per heavy atom. The fraction of sp³-hybridized carbons (Fsp3) is 0.143. The molecular weight excluding hydrogens is 261 g/mol. The van der Waals surface area contributed by atoms with Gasteiger partial charge in [-0.3, -0.25) is 15.2 Å². The van der Waals surface area contributed by atoms with Crippen LogP contribution >= 0.6 is 0 Å². The van der Waals surface area contributed by atoms with E-state index >= 15 is 0 Å². The van der Waals surface area contributed by atoms with Crippen LogP contribution in [-0.2, 0) is 10.1 Å². The van der Waals surface area contributed by atoms with Crippen molar-refractivity contribution in [2.24, 2.45) is 0 Å². The van der Waals surface area contributed by atoms with Crippen LogP contribution in [0.15, 0.2) is 24.5 Å². The van der Waals surface area contributed by atoms with E-state index in [1.54, 1.807) is 0 Å². The number of aromatic nitrogens is 1. The molecule has 17 heavy (non-hydrogen) atoms. The van der Waals surface area contributed by atoms with Crippen molar-refractivity contribution >= 4 is 16.0 Å². The molecule has 0 saturated heterocycles. The molecule has 1 amide bonds. The fourth-order valence-corrected chi connectivity index (χ4v) is 1.03. The van der Waals surface area contributed by atoms with Crippen molar-refractivity contribution in [1.82, 2.24) is 15.8 Å². The minimum atomic E-state index is -4.39. The van der Waals surface area contributed by atoms with Gasteiger partial charge in [-0.15, -0.1) is 0 Å². The molecule has 0 radical (unpaired) electrons. The van der Waals surface area contributed by atoms with Crippen LogP contribution in [0.1, 0.15) is 10.4 Å². The number of amides is 1. The maximum Gasteiger partial charge on any atom is 1.00 e. The van der Waals surface area contributed by atoms with Gasteiger partial charge in [0, 0.05) is 18.0 Å². The number of rotatable bonds is 4. The average Bonchev–Trinajstić information content (AvgIpc) is 2.17. The second-order valence-electron chi connectivity index (χ2n) is 2.57. The molecule has 0 aliphatic rings. The molecule has 10 heteroatoms. The smallest absolute Gasteiger partial charge is 0.747 e. The first-order valence-corrected chi connectivity index (χ1v) is 5.43. The molecule has 1 aromatic heterocycles. The first-order valence-electron chi connectivity index (χ1n) is 3.86. The molecule has 4 N–H and O–H groups in total. The number of hydrazine groups is 1. The maximum absolute atomic E-state index is 11.2. The minimum absolute atomic E-state index is 0. The Labute approximate surface area is 120 Å². The van der Waals surface area contributed by atoms with E-state index in [9.17, 15) is 17.8 Å². The first-order chi connectivity index (χ1) is 6.99. The van der Waals surface area contributed by atoms with Gasteiger partial charge in [-0.25, -0.2) is 13.8 Å². The average molecular weight is 271 g/mol. The predicted octanol–water partition coefficient (Wildman–Crippen LogP) is -5.00. The summed E-state index contributed by atoms with van der Waals surface area (Å²) in [6, 6.07) is 2.89. The monoisotopic (exact) mass is 271 g/mol. The third kappa shape index (κ3) is 8.21. The van der Waals surface area contributed by atoms with E-state index in [0.29, 0.717) is 5.56 Å². The van der Waals surface area contributed by atoms with Gasteiger partial charge in [0.2, 0.25) is 0 Å². The molecule has 0 aliphatic carbocycles. The summed E-state index contributed by atoms with van der Waals surface area (Å²) in [5.74, 6) is -1.40. The molecule has 0 atom stereocenters. The Kier molecular flexibility index (Phi) is 9.43. The van der Waals surface area contributed by atoms with Gasteiger partial charge in [0.15, 0.2) is 0 Å². The summed E-state index contributed by atoms with van der Waals surface area (Å²) in [6.07, 6.45) is 2.83. The Balaban J connectivity index is 0. The zero-order valence-electron chi connectivity index (χ0n) is 9.00. The van der Waals surface area contributed by atoms with E-state index in [1.807, 2.05) is 5.43 Å². The van der Waals surface area contributed by atoms with Gasteiger partial charge in [0.25, 0.3) is 5.91 Å². The van der Waals surface area contributed by atoms with Crippen LogP contribution in [0, 0.1) is 0 Å². The molecule has 1 heterocycles. The Hall–Kier alpha value is -0.550. The van der Waals surface area contributed by atoms with Gasteiger partial charge in [0.05, 0.1) is 0 Å². The van der Waals surface area contributed by atoms with E-state index in [1.165, 1.54) is 24.5 Å². The molecule has 0 aliphatic heterocycles. The quantitative estimate of drug-likeness (QED) is 0.319. The van der Waals surface area contributed by atoms with Crippen molar-refractivity contribution in [2.45, 2.75) is 0 Å². The zero-order valence-corrected chi connectivity index (χ0v) is 11.8. The fourth-order valence-electron chi connectivity index (χ4n) is 0.780.